The number of nitrogens with two attached hydrogens (primary N) is 1. The Kier molecular flexibility index (Phi) is 3.17. The lowest BCUT2D eigenvalue weighted by molar-refractivity contribution is 0.351. The highest BCUT2D eigenvalue weighted by molar-refractivity contribution is 9.10. The van der Waals surface area contributed by atoms with Crippen molar-refractivity contribution in [3.63, 3.8) is 0 Å². The largest absolute Gasteiger partial charge is 0.327 e. The van der Waals surface area contributed by atoms with E-state index in [1.165, 1.54) is 18.2 Å². The van der Waals surface area contributed by atoms with Gasteiger partial charge >= 0.3 is 0 Å². The van der Waals surface area contributed by atoms with Crippen LogP contribution in [0.3, 0.4) is 0 Å². The van der Waals surface area contributed by atoms with Gasteiger partial charge in [-0.1, -0.05) is 22.0 Å². The maximum absolute atomic E-state index is 13.0. The second-order valence-electron chi connectivity index (χ2n) is 2.37. The van der Waals surface area contributed by atoms with E-state index in [1.807, 2.05) is 0 Å². The first-order chi connectivity index (χ1) is 5.65. The minimum atomic E-state index is -1.24. The molecule has 66 valence electrons. The van der Waals surface area contributed by atoms with Crippen molar-refractivity contribution < 1.29 is 8.78 Å². The summed E-state index contributed by atoms with van der Waals surface area (Å²) in [5, 5.41) is 0. The van der Waals surface area contributed by atoms with Gasteiger partial charge in [0.2, 0.25) is 0 Å². The van der Waals surface area contributed by atoms with Crippen molar-refractivity contribution in [1.82, 2.24) is 0 Å². The Bertz CT molecular complexity index is 278. The molecular weight excluding hydrogens is 228 g/mol. The molecule has 1 aromatic carbocycles. The Morgan fingerprint density at radius 2 is 2.17 bits per heavy atom. The highest BCUT2D eigenvalue weighted by atomic mass is 79.9. The van der Waals surface area contributed by atoms with E-state index in [0.717, 1.165) is 0 Å². The lowest BCUT2D eigenvalue weighted by atomic mass is 10.1. The smallest absolute Gasteiger partial charge is 0.138 e. The molecule has 0 saturated carbocycles. The van der Waals surface area contributed by atoms with Crippen molar-refractivity contribution in [2.45, 2.75) is 6.17 Å². The summed E-state index contributed by atoms with van der Waals surface area (Å²) < 4.78 is 25.9. The predicted octanol–water partition coefficient (Wildman–Crippen LogP) is 2.56. The highest BCUT2D eigenvalue weighted by Crippen LogP contribution is 2.25. The lowest BCUT2D eigenvalue weighted by Gasteiger charge is -2.07. The van der Waals surface area contributed by atoms with Gasteiger partial charge in [-0.25, -0.2) is 8.78 Å². The van der Waals surface area contributed by atoms with Gasteiger partial charge in [-0.05, 0) is 12.1 Å². The molecule has 4 heteroatoms. The van der Waals surface area contributed by atoms with Crippen LogP contribution in [-0.2, 0) is 0 Å². The summed E-state index contributed by atoms with van der Waals surface area (Å²) >= 11 is 3.05. The van der Waals surface area contributed by atoms with Gasteiger partial charge in [0.1, 0.15) is 12.0 Å². The summed E-state index contributed by atoms with van der Waals surface area (Å²) in [6, 6.07) is 3.82. The van der Waals surface area contributed by atoms with Crippen LogP contribution in [0.5, 0.6) is 0 Å². The number of benzene rings is 1. The van der Waals surface area contributed by atoms with E-state index in [2.05, 4.69) is 15.9 Å². The molecule has 0 aliphatic carbocycles. The van der Waals surface area contributed by atoms with Crippen molar-refractivity contribution in [1.29, 1.82) is 0 Å². The van der Waals surface area contributed by atoms with E-state index in [1.54, 1.807) is 0 Å². The van der Waals surface area contributed by atoms with E-state index in [9.17, 15) is 8.78 Å². The van der Waals surface area contributed by atoms with Gasteiger partial charge in [0.05, 0.1) is 0 Å². The Morgan fingerprint density at radius 3 is 2.67 bits per heavy atom. The fourth-order valence-electron chi connectivity index (χ4n) is 0.883. The van der Waals surface area contributed by atoms with Gasteiger partial charge in [-0.15, -0.1) is 0 Å². The molecule has 1 nitrogen and oxygen atoms in total. The van der Waals surface area contributed by atoms with Crippen molar-refractivity contribution in [2.75, 3.05) is 6.54 Å². The summed E-state index contributed by atoms with van der Waals surface area (Å²) in [5.74, 6) is -0.394. The van der Waals surface area contributed by atoms with Gasteiger partial charge < -0.3 is 5.73 Å². The number of hydrogen-bond donors (Lipinski definition) is 1. The molecular formula is C8H8BrF2N. The molecule has 1 unspecified atom stereocenters. The average Bonchev–Trinajstić information content (AvgIpc) is 2.03. The van der Waals surface area contributed by atoms with Gasteiger partial charge in [-0.3, -0.25) is 0 Å². The van der Waals surface area contributed by atoms with E-state index in [4.69, 9.17) is 5.73 Å². The zero-order valence-corrected chi connectivity index (χ0v) is 7.81. The summed E-state index contributed by atoms with van der Waals surface area (Å²) in [6.45, 7) is -0.0930. The van der Waals surface area contributed by atoms with Gasteiger partial charge in [0.25, 0.3) is 0 Å². The summed E-state index contributed by atoms with van der Waals surface area (Å²) in [4.78, 5) is 0. The minimum Gasteiger partial charge on any atom is -0.327 e. The number of halogens is 3. The summed E-state index contributed by atoms with van der Waals surface area (Å²) in [6.07, 6.45) is -1.24. The maximum Gasteiger partial charge on any atom is 0.138 e. The molecule has 0 amide bonds. The van der Waals surface area contributed by atoms with Crippen molar-refractivity contribution >= 4 is 15.9 Å². The normalized spacial score (nSPS) is 13.0. The molecule has 0 aliphatic rings. The SMILES string of the molecule is NCC(F)c1ccc(F)cc1Br. The molecule has 1 atom stereocenters. The van der Waals surface area contributed by atoms with Crippen molar-refractivity contribution in [2.24, 2.45) is 5.73 Å². The number of rotatable bonds is 2. The zero-order valence-electron chi connectivity index (χ0n) is 6.23. The molecule has 0 aliphatic heterocycles. The second kappa shape index (κ2) is 3.96. The molecule has 0 heterocycles. The average molecular weight is 236 g/mol. The molecule has 0 spiro atoms. The van der Waals surface area contributed by atoms with Gasteiger partial charge in [0, 0.05) is 16.6 Å². The molecule has 12 heavy (non-hydrogen) atoms. The summed E-state index contributed by atoms with van der Waals surface area (Å²) in [7, 11) is 0. The molecule has 1 aromatic rings. The van der Waals surface area contributed by atoms with Crippen LogP contribution in [0.4, 0.5) is 8.78 Å². The summed E-state index contributed by atoms with van der Waals surface area (Å²) in [5.41, 5.74) is 5.51. The standard InChI is InChI=1S/C8H8BrF2N/c9-7-3-5(10)1-2-6(7)8(11)4-12/h1-3,8H,4,12H2. The Labute approximate surface area is 77.7 Å². The molecule has 0 radical (unpaired) electrons. The Hall–Kier alpha value is -0.480. The van der Waals surface area contributed by atoms with E-state index < -0.39 is 12.0 Å². The van der Waals surface area contributed by atoms with Crippen molar-refractivity contribution in [3.05, 3.63) is 34.1 Å². The molecule has 1 rings (SSSR count). The molecule has 2 N–H and O–H groups in total. The van der Waals surface area contributed by atoms with Crippen LogP contribution in [-0.4, -0.2) is 6.54 Å². The Balaban J connectivity index is 3.01. The second-order valence-corrected chi connectivity index (χ2v) is 3.22. The molecule has 0 bridgehead atoms. The van der Waals surface area contributed by atoms with Crippen LogP contribution in [0.25, 0.3) is 0 Å². The van der Waals surface area contributed by atoms with Crippen LogP contribution in [0.1, 0.15) is 11.7 Å². The third-order valence-corrected chi connectivity index (χ3v) is 2.19. The topological polar surface area (TPSA) is 26.0 Å². The van der Waals surface area contributed by atoms with Gasteiger partial charge in [0.15, 0.2) is 0 Å². The Morgan fingerprint density at radius 1 is 1.50 bits per heavy atom. The molecule has 0 aromatic heterocycles. The van der Waals surface area contributed by atoms with Crippen LogP contribution in [0.2, 0.25) is 0 Å². The lowest BCUT2D eigenvalue weighted by Crippen LogP contribution is -2.08. The van der Waals surface area contributed by atoms with Gasteiger partial charge in [-0.2, -0.15) is 0 Å². The fraction of sp³-hybridized carbons (Fsp3) is 0.250. The van der Waals surface area contributed by atoms with Crippen LogP contribution < -0.4 is 5.73 Å². The van der Waals surface area contributed by atoms with E-state index in [0.29, 0.717) is 10.0 Å². The van der Waals surface area contributed by atoms with Crippen molar-refractivity contribution in [3.8, 4) is 0 Å². The third kappa shape index (κ3) is 2.01. The first-order valence-corrected chi connectivity index (χ1v) is 4.23. The fourth-order valence-corrected chi connectivity index (χ4v) is 1.48. The monoisotopic (exact) mass is 235 g/mol. The first kappa shape index (κ1) is 9.61. The van der Waals surface area contributed by atoms with E-state index >= 15 is 0 Å². The molecule has 0 saturated heterocycles. The highest BCUT2D eigenvalue weighted by Gasteiger charge is 2.11. The van der Waals surface area contributed by atoms with Crippen LogP contribution >= 0.6 is 15.9 Å². The zero-order chi connectivity index (χ0) is 9.14. The minimum absolute atomic E-state index is 0.0930. The number of alkyl halides is 1. The quantitative estimate of drug-likeness (QED) is 0.838. The molecule has 0 fully saturated rings. The van der Waals surface area contributed by atoms with Crippen LogP contribution in [0, 0.1) is 5.82 Å². The van der Waals surface area contributed by atoms with E-state index in [-0.39, 0.29) is 6.54 Å². The maximum atomic E-state index is 13.0. The predicted molar refractivity (Wildman–Crippen MR) is 47.0 cm³/mol. The van der Waals surface area contributed by atoms with Crippen LogP contribution in [0.15, 0.2) is 22.7 Å². The third-order valence-electron chi connectivity index (χ3n) is 1.51. The number of hydrogen-bond acceptors (Lipinski definition) is 1. The first-order valence-electron chi connectivity index (χ1n) is 3.44.